The summed E-state index contributed by atoms with van der Waals surface area (Å²) in [6.07, 6.45) is 1.22. The van der Waals surface area contributed by atoms with Crippen LogP contribution in [0.3, 0.4) is 0 Å². The van der Waals surface area contributed by atoms with Crippen LogP contribution in [0.4, 0.5) is 0 Å². The zero-order chi connectivity index (χ0) is 13.9. The fraction of sp³-hybridized carbons (Fsp3) is 1.00. The van der Waals surface area contributed by atoms with Crippen LogP contribution in [-0.2, 0) is 4.74 Å². The number of rotatable bonds is 3. The molecule has 19 heavy (non-hydrogen) atoms. The lowest BCUT2D eigenvalue weighted by atomic mass is 9.92. The van der Waals surface area contributed by atoms with Gasteiger partial charge in [0.25, 0.3) is 0 Å². The molecule has 4 heteroatoms. The summed E-state index contributed by atoms with van der Waals surface area (Å²) in [5, 5.41) is 3.59. The van der Waals surface area contributed by atoms with E-state index in [2.05, 4.69) is 42.8 Å². The first-order valence-electron chi connectivity index (χ1n) is 7.70. The van der Waals surface area contributed by atoms with E-state index >= 15 is 0 Å². The molecule has 2 heterocycles. The summed E-state index contributed by atoms with van der Waals surface area (Å²) < 4.78 is 5.43. The Kier molecular flexibility index (Phi) is 4.88. The van der Waals surface area contributed by atoms with Gasteiger partial charge >= 0.3 is 0 Å². The molecule has 4 nitrogen and oxygen atoms in total. The Morgan fingerprint density at radius 2 is 1.68 bits per heavy atom. The normalized spacial score (nSPS) is 29.1. The van der Waals surface area contributed by atoms with Gasteiger partial charge in [-0.25, -0.2) is 0 Å². The lowest BCUT2D eigenvalue weighted by Crippen LogP contribution is -2.58. The monoisotopic (exact) mass is 269 g/mol. The van der Waals surface area contributed by atoms with Gasteiger partial charge in [-0.2, -0.15) is 0 Å². The molecule has 0 aromatic rings. The highest BCUT2D eigenvalue weighted by molar-refractivity contribution is 4.97. The molecule has 0 bridgehead atoms. The van der Waals surface area contributed by atoms with Crippen molar-refractivity contribution in [3.05, 3.63) is 0 Å². The highest BCUT2D eigenvalue weighted by Crippen LogP contribution is 2.29. The Balaban J connectivity index is 1.96. The summed E-state index contributed by atoms with van der Waals surface area (Å²) in [6.45, 7) is 18.0. The van der Waals surface area contributed by atoms with Gasteiger partial charge < -0.3 is 10.1 Å². The fourth-order valence-corrected chi connectivity index (χ4v) is 3.51. The molecule has 0 amide bonds. The van der Waals surface area contributed by atoms with Gasteiger partial charge in [0.15, 0.2) is 0 Å². The van der Waals surface area contributed by atoms with E-state index in [1.54, 1.807) is 0 Å². The summed E-state index contributed by atoms with van der Waals surface area (Å²) in [6, 6.07) is 0. The molecule has 2 aliphatic heterocycles. The number of morpholine rings is 1. The number of nitrogens with zero attached hydrogens (tertiary/aromatic N) is 2. The molecule has 2 rings (SSSR count). The zero-order valence-electron chi connectivity index (χ0n) is 13.2. The van der Waals surface area contributed by atoms with Gasteiger partial charge in [0.1, 0.15) is 0 Å². The molecule has 0 aromatic heterocycles. The van der Waals surface area contributed by atoms with Crippen molar-refractivity contribution in [2.75, 3.05) is 52.5 Å². The van der Waals surface area contributed by atoms with Crippen molar-refractivity contribution in [3.63, 3.8) is 0 Å². The van der Waals surface area contributed by atoms with Crippen LogP contribution in [0.1, 0.15) is 34.1 Å². The molecule has 0 aliphatic carbocycles. The van der Waals surface area contributed by atoms with Crippen LogP contribution in [0.5, 0.6) is 0 Å². The van der Waals surface area contributed by atoms with Crippen molar-refractivity contribution in [1.29, 1.82) is 0 Å². The Morgan fingerprint density at radius 3 is 2.37 bits per heavy atom. The highest BCUT2D eigenvalue weighted by Gasteiger charge is 2.39. The number of hydrogen-bond acceptors (Lipinski definition) is 4. The number of hydrogen-bond donors (Lipinski definition) is 1. The third-order valence-corrected chi connectivity index (χ3v) is 4.68. The predicted molar refractivity (Wildman–Crippen MR) is 79.6 cm³/mol. The standard InChI is InChI=1S/C15H31N3O/c1-14(2)5-6-16-13-15(3,4)18(14)8-7-17-9-11-19-12-10-17/h16H,5-13H2,1-4H3. The molecule has 1 N–H and O–H groups in total. The maximum atomic E-state index is 5.43. The minimum Gasteiger partial charge on any atom is -0.379 e. The largest absolute Gasteiger partial charge is 0.379 e. The quantitative estimate of drug-likeness (QED) is 0.832. The van der Waals surface area contributed by atoms with Crippen LogP contribution in [0.25, 0.3) is 0 Å². The predicted octanol–water partition coefficient (Wildman–Crippen LogP) is 1.17. The van der Waals surface area contributed by atoms with E-state index < -0.39 is 0 Å². The minimum atomic E-state index is 0.228. The van der Waals surface area contributed by atoms with Gasteiger partial charge in [-0.05, 0) is 40.7 Å². The number of nitrogens with one attached hydrogen (secondary N) is 1. The van der Waals surface area contributed by atoms with Crippen molar-refractivity contribution >= 4 is 0 Å². The average Bonchev–Trinajstić information content (AvgIpc) is 2.45. The van der Waals surface area contributed by atoms with Gasteiger partial charge in [-0.3, -0.25) is 9.80 Å². The van der Waals surface area contributed by atoms with Crippen LogP contribution < -0.4 is 5.32 Å². The van der Waals surface area contributed by atoms with Crippen LogP contribution in [-0.4, -0.2) is 73.4 Å². The molecule has 0 spiro atoms. The average molecular weight is 269 g/mol. The van der Waals surface area contributed by atoms with Gasteiger partial charge in [0.2, 0.25) is 0 Å². The van der Waals surface area contributed by atoms with E-state index in [1.165, 1.54) is 6.42 Å². The van der Waals surface area contributed by atoms with Crippen LogP contribution in [0, 0.1) is 0 Å². The first-order valence-corrected chi connectivity index (χ1v) is 7.70. The second-order valence-electron chi connectivity index (χ2n) is 7.16. The summed E-state index contributed by atoms with van der Waals surface area (Å²) in [7, 11) is 0. The molecular formula is C15H31N3O. The summed E-state index contributed by atoms with van der Waals surface area (Å²) >= 11 is 0. The van der Waals surface area contributed by atoms with E-state index in [9.17, 15) is 0 Å². The van der Waals surface area contributed by atoms with Crippen LogP contribution >= 0.6 is 0 Å². The Morgan fingerprint density at radius 1 is 1.00 bits per heavy atom. The second-order valence-corrected chi connectivity index (χ2v) is 7.16. The van der Waals surface area contributed by atoms with Crippen molar-refractivity contribution in [2.24, 2.45) is 0 Å². The van der Waals surface area contributed by atoms with Crippen molar-refractivity contribution < 1.29 is 4.74 Å². The summed E-state index contributed by atoms with van der Waals surface area (Å²) in [4.78, 5) is 5.24. The van der Waals surface area contributed by atoms with Gasteiger partial charge in [0.05, 0.1) is 13.2 Å². The zero-order valence-corrected chi connectivity index (χ0v) is 13.2. The van der Waals surface area contributed by atoms with Crippen molar-refractivity contribution in [1.82, 2.24) is 15.1 Å². The lowest BCUT2D eigenvalue weighted by molar-refractivity contribution is -0.00265. The van der Waals surface area contributed by atoms with E-state index in [-0.39, 0.29) is 11.1 Å². The van der Waals surface area contributed by atoms with Crippen LogP contribution in [0.2, 0.25) is 0 Å². The molecule has 0 saturated carbocycles. The highest BCUT2D eigenvalue weighted by atomic mass is 16.5. The first kappa shape index (κ1) is 15.2. The molecule has 112 valence electrons. The molecule has 0 radical (unpaired) electrons. The van der Waals surface area contributed by atoms with E-state index in [4.69, 9.17) is 4.74 Å². The van der Waals surface area contributed by atoms with Gasteiger partial charge in [0, 0.05) is 43.8 Å². The smallest absolute Gasteiger partial charge is 0.0594 e. The molecule has 2 saturated heterocycles. The van der Waals surface area contributed by atoms with E-state index in [0.29, 0.717) is 0 Å². The fourth-order valence-electron chi connectivity index (χ4n) is 3.51. The Bertz CT molecular complexity index is 267. The van der Waals surface area contributed by atoms with Gasteiger partial charge in [-0.1, -0.05) is 0 Å². The molecule has 0 aromatic carbocycles. The maximum Gasteiger partial charge on any atom is 0.0594 e. The van der Waals surface area contributed by atoms with E-state index in [0.717, 1.165) is 52.5 Å². The first-order chi connectivity index (χ1) is 8.92. The van der Waals surface area contributed by atoms with Crippen LogP contribution in [0.15, 0.2) is 0 Å². The minimum absolute atomic E-state index is 0.228. The number of ether oxygens (including phenoxy) is 1. The molecule has 0 atom stereocenters. The molecule has 0 unspecified atom stereocenters. The SMILES string of the molecule is CC1(C)CCNCC(C)(C)N1CCN1CCOCC1. The Labute approximate surface area is 118 Å². The third kappa shape index (κ3) is 3.91. The summed E-state index contributed by atoms with van der Waals surface area (Å²) in [5.74, 6) is 0. The second kappa shape index (κ2) is 6.08. The lowest BCUT2D eigenvalue weighted by Gasteiger charge is -2.47. The summed E-state index contributed by atoms with van der Waals surface area (Å²) in [5.41, 5.74) is 0.506. The van der Waals surface area contributed by atoms with Crippen molar-refractivity contribution in [2.45, 2.75) is 45.2 Å². The third-order valence-electron chi connectivity index (χ3n) is 4.68. The Hall–Kier alpha value is -0.160. The molecule has 2 aliphatic rings. The maximum absolute atomic E-state index is 5.43. The van der Waals surface area contributed by atoms with Gasteiger partial charge in [-0.15, -0.1) is 0 Å². The topological polar surface area (TPSA) is 27.7 Å². The van der Waals surface area contributed by atoms with Crippen molar-refractivity contribution in [3.8, 4) is 0 Å². The van der Waals surface area contributed by atoms with E-state index in [1.807, 2.05) is 0 Å². The molecular weight excluding hydrogens is 238 g/mol. The molecule has 2 fully saturated rings.